The third kappa shape index (κ3) is 5.43. The molecular weight excluding hydrogens is 366 g/mol. The van der Waals surface area contributed by atoms with E-state index in [1.54, 1.807) is 24.3 Å². The van der Waals surface area contributed by atoms with Crippen molar-refractivity contribution in [3.05, 3.63) is 82.4 Å². The van der Waals surface area contributed by atoms with E-state index in [4.69, 9.17) is 16.3 Å². The summed E-state index contributed by atoms with van der Waals surface area (Å²) in [5.41, 5.74) is 1.33. The van der Waals surface area contributed by atoms with Gasteiger partial charge in [-0.25, -0.2) is 4.98 Å². The summed E-state index contributed by atoms with van der Waals surface area (Å²) in [7, 11) is 0. The van der Waals surface area contributed by atoms with Crippen LogP contribution >= 0.6 is 11.6 Å². The Balaban J connectivity index is 1.48. The molecule has 27 heavy (non-hydrogen) atoms. The number of carbonyl (C=O) groups excluding carboxylic acids is 1. The largest absolute Gasteiger partial charge is 0.484 e. The molecule has 0 aliphatic carbocycles. The number of halogens is 1. The molecule has 138 valence electrons. The van der Waals surface area contributed by atoms with Gasteiger partial charge < -0.3 is 10.1 Å². The predicted molar refractivity (Wildman–Crippen MR) is 104 cm³/mol. The van der Waals surface area contributed by atoms with E-state index in [1.807, 2.05) is 30.3 Å². The highest BCUT2D eigenvalue weighted by Crippen LogP contribution is 2.16. The lowest BCUT2D eigenvalue weighted by Gasteiger charge is -2.09. The quantitative estimate of drug-likeness (QED) is 0.680. The first-order valence-corrected chi connectivity index (χ1v) is 8.76. The molecule has 0 aliphatic heterocycles. The van der Waals surface area contributed by atoms with Gasteiger partial charge in [0.1, 0.15) is 5.75 Å². The van der Waals surface area contributed by atoms with Crippen LogP contribution in [0.25, 0.3) is 11.3 Å². The summed E-state index contributed by atoms with van der Waals surface area (Å²) >= 11 is 5.86. The lowest BCUT2D eigenvalue weighted by molar-refractivity contribution is -0.123. The van der Waals surface area contributed by atoms with Gasteiger partial charge in [0.05, 0.1) is 12.0 Å². The molecule has 0 radical (unpaired) electrons. The molecule has 1 aromatic heterocycles. The van der Waals surface area contributed by atoms with E-state index < -0.39 is 0 Å². The molecule has 0 fully saturated rings. The highest BCUT2D eigenvalue weighted by atomic mass is 35.5. The molecule has 0 spiro atoms. The standard InChI is InChI=1S/C20H18ClN3O3/c21-16-7-4-8-17(11-16)27-13-19(25)22-9-10-24-14-23-18(12-20(24)26)15-5-2-1-3-6-15/h1-8,11-12,14H,9-10,13H2,(H,22,25). The van der Waals surface area contributed by atoms with Gasteiger partial charge in [0.15, 0.2) is 6.61 Å². The summed E-state index contributed by atoms with van der Waals surface area (Å²) in [6.07, 6.45) is 1.49. The number of nitrogens with zero attached hydrogens (tertiary/aromatic N) is 2. The molecular formula is C20H18ClN3O3. The van der Waals surface area contributed by atoms with Gasteiger partial charge >= 0.3 is 0 Å². The molecule has 3 aromatic rings. The average Bonchev–Trinajstić information content (AvgIpc) is 2.68. The Bertz CT molecular complexity index is 973. The van der Waals surface area contributed by atoms with Crippen LogP contribution < -0.4 is 15.6 Å². The van der Waals surface area contributed by atoms with Crippen LogP contribution in [0.1, 0.15) is 0 Å². The van der Waals surface area contributed by atoms with Gasteiger partial charge in [-0.3, -0.25) is 14.2 Å². The number of carbonyl (C=O) groups is 1. The maximum absolute atomic E-state index is 12.2. The van der Waals surface area contributed by atoms with Gasteiger partial charge in [-0.05, 0) is 18.2 Å². The molecule has 6 nitrogen and oxygen atoms in total. The average molecular weight is 384 g/mol. The van der Waals surface area contributed by atoms with E-state index in [0.717, 1.165) is 5.56 Å². The number of benzene rings is 2. The van der Waals surface area contributed by atoms with Gasteiger partial charge in [-0.2, -0.15) is 0 Å². The molecule has 0 unspecified atom stereocenters. The second kappa shape index (κ2) is 9.00. The number of amides is 1. The first kappa shape index (κ1) is 18.7. The minimum atomic E-state index is -0.281. The van der Waals surface area contributed by atoms with Crippen molar-refractivity contribution in [3.8, 4) is 17.0 Å². The van der Waals surface area contributed by atoms with E-state index >= 15 is 0 Å². The summed E-state index contributed by atoms with van der Waals surface area (Å²) in [5.74, 6) is 0.242. The van der Waals surface area contributed by atoms with Crippen LogP contribution in [0, 0.1) is 0 Å². The molecule has 0 saturated heterocycles. The summed E-state index contributed by atoms with van der Waals surface area (Å²) in [5, 5.41) is 3.25. The molecule has 3 rings (SSSR count). The highest BCUT2D eigenvalue weighted by molar-refractivity contribution is 6.30. The molecule has 0 saturated carbocycles. The minimum Gasteiger partial charge on any atom is -0.484 e. The number of nitrogens with one attached hydrogen (secondary N) is 1. The second-order valence-corrected chi connectivity index (χ2v) is 6.20. The van der Waals surface area contributed by atoms with Crippen molar-refractivity contribution in [1.82, 2.24) is 14.9 Å². The van der Waals surface area contributed by atoms with Crippen LogP contribution in [0.5, 0.6) is 5.75 Å². The van der Waals surface area contributed by atoms with E-state index in [2.05, 4.69) is 10.3 Å². The molecule has 1 N–H and O–H groups in total. The van der Waals surface area contributed by atoms with Crippen molar-refractivity contribution in [3.63, 3.8) is 0 Å². The Hall–Kier alpha value is -3.12. The monoisotopic (exact) mass is 383 g/mol. The van der Waals surface area contributed by atoms with Crippen LogP contribution in [-0.4, -0.2) is 28.6 Å². The fourth-order valence-corrected chi connectivity index (χ4v) is 2.61. The maximum Gasteiger partial charge on any atom is 0.258 e. The zero-order valence-corrected chi connectivity index (χ0v) is 15.2. The van der Waals surface area contributed by atoms with Crippen molar-refractivity contribution >= 4 is 17.5 Å². The van der Waals surface area contributed by atoms with Crippen LogP contribution in [0.4, 0.5) is 0 Å². The smallest absolute Gasteiger partial charge is 0.258 e. The Morgan fingerprint density at radius 3 is 2.67 bits per heavy atom. The third-order valence-electron chi connectivity index (χ3n) is 3.79. The Kier molecular flexibility index (Phi) is 6.22. The SMILES string of the molecule is O=C(COc1cccc(Cl)c1)NCCn1cnc(-c2ccccc2)cc1=O. The lowest BCUT2D eigenvalue weighted by atomic mass is 10.1. The number of aromatic nitrogens is 2. The predicted octanol–water partition coefficient (Wildman–Crippen LogP) is 2.76. The van der Waals surface area contributed by atoms with E-state index in [0.29, 0.717) is 29.6 Å². The van der Waals surface area contributed by atoms with Crippen LogP contribution in [0.2, 0.25) is 5.02 Å². The molecule has 0 aliphatic rings. The van der Waals surface area contributed by atoms with Crippen LogP contribution in [-0.2, 0) is 11.3 Å². The normalized spacial score (nSPS) is 10.4. The lowest BCUT2D eigenvalue weighted by Crippen LogP contribution is -2.33. The molecule has 2 aromatic carbocycles. The van der Waals surface area contributed by atoms with Crippen molar-refractivity contribution in [2.45, 2.75) is 6.54 Å². The number of hydrogen-bond acceptors (Lipinski definition) is 4. The van der Waals surface area contributed by atoms with Gasteiger partial charge in [0, 0.05) is 29.7 Å². The van der Waals surface area contributed by atoms with Crippen molar-refractivity contribution in [2.75, 3.05) is 13.2 Å². The number of rotatable bonds is 7. The van der Waals surface area contributed by atoms with E-state index in [9.17, 15) is 9.59 Å². The van der Waals surface area contributed by atoms with Crippen molar-refractivity contribution < 1.29 is 9.53 Å². The number of hydrogen-bond donors (Lipinski definition) is 1. The Labute approximate surface area is 161 Å². The van der Waals surface area contributed by atoms with E-state index in [1.165, 1.54) is 17.0 Å². The highest BCUT2D eigenvalue weighted by Gasteiger charge is 2.05. The number of ether oxygens (including phenoxy) is 1. The summed E-state index contributed by atoms with van der Waals surface area (Å²) in [6, 6.07) is 17.8. The van der Waals surface area contributed by atoms with Gasteiger partial charge in [0.2, 0.25) is 0 Å². The molecule has 1 heterocycles. The van der Waals surface area contributed by atoms with Crippen LogP contribution in [0.3, 0.4) is 0 Å². The summed E-state index contributed by atoms with van der Waals surface area (Å²) < 4.78 is 6.81. The van der Waals surface area contributed by atoms with Gasteiger partial charge in [-0.1, -0.05) is 48.0 Å². The maximum atomic E-state index is 12.2. The molecule has 7 heteroatoms. The topological polar surface area (TPSA) is 73.2 Å². The van der Waals surface area contributed by atoms with Crippen LogP contribution in [0.15, 0.2) is 71.8 Å². The summed E-state index contributed by atoms with van der Waals surface area (Å²) in [4.78, 5) is 28.4. The van der Waals surface area contributed by atoms with Gasteiger partial charge in [-0.15, -0.1) is 0 Å². The molecule has 0 atom stereocenters. The molecule has 0 bridgehead atoms. The van der Waals surface area contributed by atoms with E-state index in [-0.39, 0.29) is 18.1 Å². The zero-order chi connectivity index (χ0) is 19.1. The van der Waals surface area contributed by atoms with Crippen molar-refractivity contribution in [2.24, 2.45) is 0 Å². The fraction of sp³-hybridized carbons (Fsp3) is 0.150. The molecule has 1 amide bonds. The minimum absolute atomic E-state index is 0.125. The van der Waals surface area contributed by atoms with Gasteiger partial charge in [0.25, 0.3) is 11.5 Å². The fourth-order valence-electron chi connectivity index (χ4n) is 2.43. The first-order chi connectivity index (χ1) is 13.1. The zero-order valence-electron chi connectivity index (χ0n) is 14.5. The Morgan fingerprint density at radius 1 is 1.11 bits per heavy atom. The third-order valence-corrected chi connectivity index (χ3v) is 4.03. The first-order valence-electron chi connectivity index (χ1n) is 8.39. The van der Waals surface area contributed by atoms with Crippen molar-refractivity contribution in [1.29, 1.82) is 0 Å². The Morgan fingerprint density at radius 2 is 1.93 bits per heavy atom. The second-order valence-electron chi connectivity index (χ2n) is 5.77. The summed E-state index contributed by atoms with van der Waals surface area (Å²) in [6.45, 7) is 0.494.